The van der Waals surface area contributed by atoms with Gasteiger partial charge in [-0.15, -0.1) is 11.8 Å². The molecule has 1 atom stereocenters. The molecule has 1 saturated heterocycles. The highest BCUT2D eigenvalue weighted by Crippen LogP contribution is 2.47. The predicted molar refractivity (Wildman–Crippen MR) is 118 cm³/mol. The molecule has 0 saturated carbocycles. The summed E-state index contributed by atoms with van der Waals surface area (Å²) >= 11 is 1.66. The third-order valence-electron chi connectivity index (χ3n) is 5.07. The number of carbonyl (C=O) groups is 1. The predicted octanol–water partition coefficient (Wildman–Crippen LogP) is 3.63. The van der Waals surface area contributed by atoms with E-state index in [1.54, 1.807) is 56.2 Å². The Morgan fingerprint density at radius 1 is 0.774 bits per heavy atom. The zero-order valence-electron chi connectivity index (χ0n) is 18.5. The lowest BCUT2D eigenvalue weighted by molar-refractivity contribution is 0.0758. The van der Waals surface area contributed by atoms with Crippen molar-refractivity contribution in [1.29, 1.82) is 0 Å². The Labute approximate surface area is 186 Å². The van der Waals surface area contributed by atoms with Crippen LogP contribution in [0.4, 0.5) is 0 Å². The molecule has 0 spiro atoms. The third-order valence-corrected chi connectivity index (χ3v) is 6.31. The second kappa shape index (κ2) is 9.91. The molecule has 168 valence electrons. The number of benzene rings is 2. The molecule has 31 heavy (non-hydrogen) atoms. The molecule has 1 aliphatic rings. The van der Waals surface area contributed by atoms with E-state index in [-0.39, 0.29) is 11.3 Å². The van der Waals surface area contributed by atoms with Gasteiger partial charge in [0.1, 0.15) is 11.1 Å². The minimum Gasteiger partial charge on any atom is -0.496 e. The summed E-state index contributed by atoms with van der Waals surface area (Å²) in [5.74, 6) is 3.70. The SMILES string of the molecule is COc1cc(OC)c(C2SCCN2C(=O)c2cc(OC)c(OC)c(OC)c2)cc1OC. The summed E-state index contributed by atoms with van der Waals surface area (Å²) in [6.45, 7) is 0.586. The largest absolute Gasteiger partial charge is 0.496 e. The van der Waals surface area contributed by atoms with Crippen LogP contribution in [-0.2, 0) is 0 Å². The molecular weight excluding hydrogens is 422 g/mol. The smallest absolute Gasteiger partial charge is 0.255 e. The number of methoxy groups -OCH3 is 6. The summed E-state index contributed by atoms with van der Waals surface area (Å²) < 4.78 is 32.6. The lowest BCUT2D eigenvalue weighted by atomic mass is 10.1. The second-order valence-corrected chi connectivity index (χ2v) is 7.77. The average molecular weight is 450 g/mol. The van der Waals surface area contributed by atoms with Crippen LogP contribution in [0.5, 0.6) is 34.5 Å². The lowest BCUT2D eigenvalue weighted by Gasteiger charge is -2.27. The molecule has 0 aliphatic carbocycles. The van der Waals surface area contributed by atoms with E-state index in [1.165, 1.54) is 21.3 Å². The molecule has 0 N–H and O–H groups in total. The van der Waals surface area contributed by atoms with Crippen LogP contribution >= 0.6 is 11.8 Å². The van der Waals surface area contributed by atoms with E-state index in [9.17, 15) is 4.79 Å². The summed E-state index contributed by atoms with van der Waals surface area (Å²) in [7, 11) is 9.31. The van der Waals surface area contributed by atoms with Crippen LogP contribution in [0, 0.1) is 0 Å². The molecule has 2 aromatic rings. The molecular formula is C22H27NO7S. The van der Waals surface area contributed by atoms with Gasteiger partial charge in [0.15, 0.2) is 23.0 Å². The summed E-state index contributed by atoms with van der Waals surface area (Å²) in [6.07, 6.45) is 0. The highest BCUT2D eigenvalue weighted by atomic mass is 32.2. The molecule has 9 heteroatoms. The molecule has 3 rings (SSSR count). The number of amides is 1. The van der Waals surface area contributed by atoms with Crippen molar-refractivity contribution in [2.45, 2.75) is 5.37 Å². The highest BCUT2D eigenvalue weighted by Gasteiger charge is 2.35. The van der Waals surface area contributed by atoms with Crippen molar-refractivity contribution in [2.75, 3.05) is 55.0 Å². The van der Waals surface area contributed by atoms with Crippen LogP contribution in [0.2, 0.25) is 0 Å². The summed E-state index contributed by atoms with van der Waals surface area (Å²) in [5, 5.41) is -0.249. The van der Waals surface area contributed by atoms with Crippen molar-refractivity contribution in [3.8, 4) is 34.5 Å². The minimum absolute atomic E-state index is 0.147. The molecule has 1 amide bonds. The molecule has 2 aromatic carbocycles. The van der Waals surface area contributed by atoms with E-state index < -0.39 is 0 Å². The summed E-state index contributed by atoms with van der Waals surface area (Å²) in [6, 6.07) is 6.95. The van der Waals surface area contributed by atoms with E-state index in [1.807, 2.05) is 6.07 Å². The average Bonchev–Trinajstić information content (AvgIpc) is 3.31. The molecule has 1 fully saturated rings. The normalized spacial score (nSPS) is 15.4. The minimum atomic E-state index is -0.249. The zero-order valence-corrected chi connectivity index (χ0v) is 19.3. The maximum absolute atomic E-state index is 13.5. The molecule has 0 bridgehead atoms. The first-order chi connectivity index (χ1) is 15.0. The van der Waals surface area contributed by atoms with Crippen molar-refractivity contribution in [3.05, 3.63) is 35.4 Å². The van der Waals surface area contributed by atoms with Crippen molar-refractivity contribution in [3.63, 3.8) is 0 Å². The van der Waals surface area contributed by atoms with E-state index in [0.29, 0.717) is 46.6 Å². The molecule has 1 heterocycles. The second-order valence-electron chi connectivity index (χ2n) is 6.58. The third kappa shape index (κ3) is 4.27. The van der Waals surface area contributed by atoms with Gasteiger partial charge in [-0.2, -0.15) is 0 Å². The van der Waals surface area contributed by atoms with Gasteiger partial charge in [0.2, 0.25) is 5.75 Å². The van der Waals surface area contributed by atoms with Crippen LogP contribution in [0.1, 0.15) is 21.3 Å². The number of thioether (sulfide) groups is 1. The first-order valence-corrected chi connectivity index (χ1v) is 10.6. The maximum Gasteiger partial charge on any atom is 0.255 e. The number of ether oxygens (including phenoxy) is 6. The van der Waals surface area contributed by atoms with Gasteiger partial charge < -0.3 is 33.3 Å². The van der Waals surface area contributed by atoms with Crippen LogP contribution < -0.4 is 28.4 Å². The Balaban J connectivity index is 2.02. The first kappa shape index (κ1) is 22.7. The van der Waals surface area contributed by atoms with Crippen molar-refractivity contribution < 1.29 is 33.2 Å². The van der Waals surface area contributed by atoms with Gasteiger partial charge >= 0.3 is 0 Å². The molecule has 1 unspecified atom stereocenters. The lowest BCUT2D eigenvalue weighted by Crippen LogP contribution is -2.30. The van der Waals surface area contributed by atoms with Gasteiger partial charge in [-0.25, -0.2) is 0 Å². The van der Waals surface area contributed by atoms with Gasteiger partial charge in [-0.3, -0.25) is 4.79 Å². The Bertz CT molecular complexity index is 925. The van der Waals surface area contributed by atoms with E-state index >= 15 is 0 Å². The Morgan fingerprint density at radius 2 is 1.32 bits per heavy atom. The Kier molecular flexibility index (Phi) is 7.27. The van der Waals surface area contributed by atoms with E-state index in [0.717, 1.165) is 11.3 Å². The van der Waals surface area contributed by atoms with Gasteiger partial charge in [0.25, 0.3) is 5.91 Å². The topological polar surface area (TPSA) is 75.7 Å². The summed E-state index contributed by atoms with van der Waals surface area (Å²) in [5.41, 5.74) is 1.28. The number of hydrogen-bond donors (Lipinski definition) is 0. The van der Waals surface area contributed by atoms with Crippen molar-refractivity contribution in [2.24, 2.45) is 0 Å². The van der Waals surface area contributed by atoms with Crippen LogP contribution in [-0.4, -0.2) is 65.8 Å². The highest BCUT2D eigenvalue weighted by molar-refractivity contribution is 7.99. The molecule has 0 radical (unpaired) electrons. The molecule has 1 aliphatic heterocycles. The maximum atomic E-state index is 13.5. The van der Waals surface area contributed by atoms with Crippen LogP contribution in [0.25, 0.3) is 0 Å². The quantitative estimate of drug-likeness (QED) is 0.605. The first-order valence-electron chi connectivity index (χ1n) is 9.55. The van der Waals surface area contributed by atoms with Gasteiger partial charge in [-0.1, -0.05) is 0 Å². The fourth-order valence-electron chi connectivity index (χ4n) is 3.55. The Hall–Kier alpha value is -2.94. The fraction of sp³-hybridized carbons (Fsp3) is 0.409. The summed E-state index contributed by atoms with van der Waals surface area (Å²) in [4.78, 5) is 15.3. The molecule has 8 nitrogen and oxygen atoms in total. The Morgan fingerprint density at radius 3 is 1.84 bits per heavy atom. The van der Waals surface area contributed by atoms with E-state index in [4.69, 9.17) is 28.4 Å². The van der Waals surface area contributed by atoms with Crippen LogP contribution in [0.15, 0.2) is 24.3 Å². The van der Waals surface area contributed by atoms with Crippen molar-refractivity contribution in [1.82, 2.24) is 4.90 Å². The number of carbonyl (C=O) groups excluding carboxylic acids is 1. The molecule has 0 aromatic heterocycles. The van der Waals surface area contributed by atoms with E-state index in [2.05, 4.69) is 0 Å². The monoisotopic (exact) mass is 449 g/mol. The van der Waals surface area contributed by atoms with Crippen LogP contribution in [0.3, 0.4) is 0 Å². The fourth-order valence-corrected chi connectivity index (χ4v) is 4.82. The standard InChI is InChI=1S/C22H27NO7S/c1-25-15-12-17(27-3)16(26-2)11-14(15)22-23(7-8-31-22)21(24)13-9-18(28-4)20(30-6)19(10-13)29-5/h9-12,22H,7-8H2,1-6H3. The van der Waals surface area contributed by atoms with Gasteiger partial charge in [0, 0.05) is 29.5 Å². The van der Waals surface area contributed by atoms with Gasteiger partial charge in [0.05, 0.1) is 42.7 Å². The van der Waals surface area contributed by atoms with Gasteiger partial charge in [-0.05, 0) is 18.2 Å². The number of nitrogens with zero attached hydrogens (tertiary/aromatic N) is 1. The van der Waals surface area contributed by atoms with Crippen molar-refractivity contribution >= 4 is 17.7 Å². The number of rotatable bonds is 8. The zero-order chi connectivity index (χ0) is 22.5. The number of hydrogen-bond acceptors (Lipinski definition) is 8.